The van der Waals surface area contributed by atoms with Crippen molar-refractivity contribution in [3.8, 4) is 0 Å². The molecule has 1 aliphatic heterocycles. The van der Waals surface area contributed by atoms with E-state index in [4.69, 9.17) is 0 Å². The van der Waals surface area contributed by atoms with E-state index >= 15 is 0 Å². The van der Waals surface area contributed by atoms with E-state index in [1.54, 1.807) is 0 Å². The molecule has 3 rings (SSSR count). The van der Waals surface area contributed by atoms with E-state index in [1.807, 2.05) is 41.1 Å². The molecule has 0 atom stereocenters. The van der Waals surface area contributed by atoms with Gasteiger partial charge < -0.3 is 15.1 Å². The number of nitrogens with zero attached hydrogens (tertiary/aromatic N) is 2. The van der Waals surface area contributed by atoms with Crippen molar-refractivity contribution in [1.29, 1.82) is 0 Å². The number of benzene rings is 1. The summed E-state index contributed by atoms with van der Waals surface area (Å²) in [5.41, 5.74) is 1.55. The Kier molecular flexibility index (Phi) is 4.32. The van der Waals surface area contributed by atoms with Gasteiger partial charge in [0.2, 0.25) is 5.91 Å². The van der Waals surface area contributed by atoms with Crippen molar-refractivity contribution in [1.82, 2.24) is 9.80 Å². The lowest BCUT2D eigenvalue weighted by Gasteiger charge is -2.23. The first kappa shape index (κ1) is 14.9. The van der Waals surface area contributed by atoms with Crippen LogP contribution < -0.4 is 5.32 Å². The monoisotopic (exact) mass is 301 g/mol. The zero-order valence-corrected chi connectivity index (χ0v) is 13.0. The molecule has 1 aromatic carbocycles. The van der Waals surface area contributed by atoms with E-state index in [-0.39, 0.29) is 17.7 Å². The minimum atomic E-state index is 0.0469. The highest BCUT2D eigenvalue weighted by Gasteiger charge is 2.34. The number of nitrogens with one attached hydrogen (secondary N) is 1. The molecule has 2 aliphatic rings. The van der Waals surface area contributed by atoms with Crippen molar-refractivity contribution in [2.24, 2.45) is 5.92 Å². The van der Waals surface area contributed by atoms with Crippen LogP contribution in [0.4, 0.5) is 5.69 Å². The van der Waals surface area contributed by atoms with Crippen molar-refractivity contribution in [2.45, 2.75) is 19.3 Å². The van der Waals surface area contributed by atoms with Crippen LogP contribution in [0.15, 0.2) is 24.3 Å². The fraction of sp³-hybridized carbons (Fsp3) is 0.529. The molecule has 5 nitrogen and oxygen atoms in total. The highest BCUT2D eigenvalue weighted by molar-refractivity contribution is 5.99. The van der Waals surface area contributed by atoms with Crippen LogP contribution in [-0.4, -0.2) is 54.8 Å². The highest BCUT2D eigenvalue weighted by atomic mass is 16.2. The molecular formula is C17H23N3O2. The van der Waals surface area contributed by atoms with Crippen LogP contribution in [0, 0.1) is 5.92 Å². The van der Waals surface area contributed by atoms with Crippen molar-refractivity contribution >= 4 is 17.5 Å². The van der Waals surface area contributed by atoms with Crippen molar-refractivity contribution < 1.29 is 9.59 Å². The van der Waals surface area contributed by atoms with E-state index in [0.717, 1.165) is 31.5 Å². The molecule has 0 unspecified atom stereocenters. The van der Waals surface area contributed by atoms with E-state index in [0.29, 0.717) is 25.2 Å². The molecule has 5 heteroatoms. The summed E-state index contributed by atoms with van der Waals surface area (Å²) in [5, 5.41) is 3.07. The summed E-state index contributed by atoms with van der Waals surface area (Å²) in [7, 11) is 1.82. The smallest absolute Gasteiger partial charge is 0.256 e. The van der Waals surface area contributed by atoms with Gasteiger partial charge in [0, 0.05) is 44.8 Å². The van der Waals surface area contributed by atoms with E-state index in [2.05, 4.69) is 5.32 Å². The predicted molar refractivity (Wildman–Crippen MR) is 85.8 cm³/mol. The van der Waals surface area contributed by atoms with Gasteiger partial charge in [-0.2, -0.15) is 0 Å². The first-order valence-electron chi connectivity index (χ1n) is 8.05. The molecule has 0 bridgehead atoms. The molecule has 1 aliphatic carbocycles. The Balaban J connectivity index is 1.67. The maximum absolute atomic E-state index is 12.7. The minimum absolute atomic E-state index is 0.0469. The van der Waals surface area contributed by atoms with Gasteiger partial charge in [-0.1, -0.05) is 12.1 Å². The third-order valence-corrected chi connectivity index (χ3v) is 4.45. The fourth-order valence-corrected chi connectivity index (χ4v) is 2.99. The van der Waals surface area contributed by atoms with Gasteiger partial charge in [-0.25, -0.2) is 0 Å². The Morgan fingerprint density at radius 3 is 2.45 bits per heavy atom. The third-order valence-electron chi connectivity index (χ3n) is 4.45. The number of para-hydroxylation sites is 1. The molecule has 118 valence electrons. The lowest BCUT2D eigenvalue weighted by molar-refractivity contribution is -0.132. The van der Waals surface area contributed by atoms with E-state index in [1.165, 1.54) is 0 Å². The molecule has 2 fully saturated rings. The first-order chi connectivity index (χ1) is 10.7. The first-order valence-corrected chi connectivity index (χ1v) is 8.05. The summed E-state index contributed by atoms with van der Waals surface area (Å²) in [4.78, 5) is 28.7. The van der Waals surface area contributed by atoms with Crippen molar-refractivity contribution in [2.75, 3.05) is 38.5 Å². The Bertz CT molecular complexity index is 569. The highest BCUT2D eigenvalue weighted by Crippen LogP contribution is 2.31. The summed E-state index contributed by atoms with van der Waals surface area (Å²) in [5.74, 6) is 0.586. The maximum Gasteiger partial charge on any atom is 0.256 e. The van der Waals surface area contributed by atoms with Crippen molar-refractivity contribution in [3.63, 3.8) is 0 Å². The Morgan fingerprint density at radius 1 is 1.05 bits per heavy atom. The van der Waals surface area contributed by atoms with Crippen molar-refractivity contribution in [3.05, 3.63) is 29.8 Å². The van der Waals surface area contributed by atoms with Crippen LogP contribution in [-0.2, 0) is 4.79 Å². The summed E-state index contributed by atoms with van der Waals surface area (Å²) >= 11 is 0. The van der Waals surface area contributed by atoms with Gasteiger partial charge >= 0.3 is 0 Å². The Morgan fingerprint density at radius 2 is 1.73 bits per heavy atom. The van der Waals surface area contributed by atoms with Crippen LogP contribution in [0.3, 0.4) is 0 Å². The van der Waals surface area contributed by atoms with Gasteiger partial charge in [0.15, 0.2) is 0 Å². The molecule has 1 saturated carbocycles. The number of carbonyl (C=O) groups excluding carboxylic acids is 2. The number of rotatable bonds is 3. The molecule has 0 radical (unpaired) electrons. The molecule has 1 aromatic rings. The third kappa shape index (κ3) is 3.08. The number of carbonyl (C=O) groups is 2. The molecule has 22 heavy (non-hydrogen) atoms. The number of anilines is 1. The topological polar surface area (TPSA) is 52.7 Å². The molecule has 0 aromatic heterocycles. The normalized spacial score (nSPS) is 18.8. The quantitative estimate of drug-likeness (QED) is 0.926. The van der Waals surface area contributed by atoms with Crippen LogP contribution in [0.5, 0.6) is 0 Å². The Hall–Kier alpha value is -2.04. The van der Waals surface area contributed by atoms with Gasteiger partial charge in [-0.15, -0.1) is 0 Å². The summed E-state index contributed by atoms with van der Waals surface area (Å²) in [6.07, 6.45) is 2.92. The molecule has 0 spiro atoms. The molecule has 1 heterocycles. The largest absolute Gasteiger partial charge is 0.387 e. The zero-order valence-electron chi connectivity index (χ0n) is 13.0. The molecule has 2 amide bonds. The average molecular weight is 301 g/mol. The average Bonchev–Trinajstić information content (AvgIpc) is 3.39. The standard InChI is InChI=1S/C17H23N3O2/c1-18-15-6-3-2-5-14(15)17(22)20-10-4-9-19(11-12-20)16(21)13-7-8-13/h2-3,5-6,13,18H,4,7-12H2,1H3. The molecule has 1 saturated heterocycles. The second kappa shape index (κ2) is 6.38. The van der Waals surface area contributed by atoms with Gasteiger partial charge in [0.25, 0.3) is 5.91 Å². The van der Waals surface area contributed by atoms with Crippen LogP contribution >= 0.6 is 0 Å². The maximum atomic E-state index is 12.7. The van der Waals surface area contributed by atoms with Gasteiger partial charge in [0.05, 0.1) is 5.56 Å². The number of hydrogen-bond donors (Lipinski definition) is 1. The van der Waals surface area contributed by atoms with E-state index in [9.17, 15) is 9.59 Å². The van der Waals surface area contributed by atoms with Crippen LogP contribution in [0.25, 0.3) is 0 Å². The second-order valence-electron chi connectivity index (χ2n) is 6.04. The number of hydrogen-bond acceptors (Lipinski definition) is 3. The van der Waals surface area contributed by atoms with Gasteiger partial charge in [0.1, 0.15) is 0 Å². The second-order valence-corrected chi connectivity index (χ2v) is 6.04. The van der Waals surface area contributed by atoms with Crippen LogP contribution in [0.2, 0.25) is 0 Å². The Labute approximate surface area is 131 Å². The zero-order chi connectivity index (χ0) is 15.5. The summed E-state index contributed by atoms with van der Waals surface area (Å²) in [6, 6.07) is 7.57. The summed E-state index contributed by atoms with van der Waals surface area (Å²) in [6.45, 7) is 2.76. The number of amides is 2. The molecular weight excluding hydrogens is 278 g/mol. The SMILES string of the molecule is CNc1ccccc1C(=O)N1CCCN(C(=O)C2CC2)CC1. The molecule has 1 N–H and O–H groups in total. The van der Waals surface area contributed by atoms with Crippen LogP contribution in [0.1, 0.15) is 29.6 Å². The summed E-state index contributed by atoms with van der Waals surface area (Å²) < 4.78 is 0. The lowest BCUT2D eigenvalue weighted by Crippen LogP contribution is -2.38. The van der Waals surface area contributed by atoms with Gasteiger partial charge in [-0.05, 0) is 31.4 Å². The van der Waals surface area contributed by atoms with E-state index < -0.39 is 0 Å². The van der Waals surface area contributed by atoms with Gasteiger partial charge in [-0.3, -0.25) is 9.59 Å². The minimum Gasteiger partial charge on any atom is -0.387 e. The lowest BCUT2D eigenvalue weighted by atomic mass is 10.1. The predicted octanol–water partition coefficient (Wildman–Crippen LogP) is 1.81. The fourth-order valence-electron chi connectivity index (χ4n) is 2.99.